The Morgan fingerprint density at radius 2 is 1.84 bits per heavy atom. The summed E-state index contributed by atoms with van der Waals surface area (Å²) in [6.45, 7) is 6.00. The van der Waals surface area contributed by atoms with Crippen LogP contribution in [-0.4, -0.2) is 44.4 Å². The Kier molecular flexibility index (Phi) is 6.14. The Hall–Kier alpha value is -1.10. The molecule has 19 heavy (non-hydrogen) atoms. The first-order chi connectivity index (χ1) is 9.40. The molecule has 1 heterocycles. The van der Waals surface area contributed by atoms with Gasteiger partial charge in [-0.15, -0.1) is 0 Å². The normalized spacial score (nSPS) is 15.8. The number of nitrogens with two attached hydrogens (primary N) is 1. The smallest absolute Gasteiger partial charge is 0.123 e. The van der Waals surface area contributed by atoms with Gasteiger partial charge in [0.1, 0.15) is 12.4 Å². The van der Waals surface area contributed by atoms with E-state index in [0.29, 0.717) is 19.8 Å². The molecule has 0 amide bonds. The topological polar surface area (TPSA) is 47.7 Å². The van der Waals surface area contributed by atoms with E-state index in [2.05, 4.69) is 4.90 Å². The van der Waals surface area contributed by atoms with E-state index in [1.54, 1.807) is 0 Å². The summed E-state index contributed by atoms with van der Waals surface area (Å²) in [4.78, 5) is 2.45. The molecule has 1 saturated heterocycles. The molecule has 1 aromatic carbocycles. The number of para-hydroxylation sites is 1. The lowest BCUT2D eigenvalue weighted by Gasteiger charge is -2.14. The molecule has 0 radical (unpaired) electrons. The lowest BCUT2D eigenvalue weighted by Crippen LogP contribution is -2.24. The minimum atomic E-state index is 0.506. The van der Waals surface area contributed by atoms with Gasteiger partial charge in [0.2, 0.25) is 0 Å². The van der Waals surface area contributed by atoms with Gasteiger partial charge in [-0.3, -0.25) is 0 Å². The van der Waals surface area contributed by atoms with Crippen molar-refractivity contribution in [2.45, 2.75) is 19.4 Å². The van der Waals surface area contributed by atoms with Crippen molar-refractivity contribution in [1.82, 2.24) is 4.90 Å². The van der Waals surface area contributed by atoms with Gasteiger partial charge in [-0.2, -0.15) is 0 Å². The van der Waals surface area contributed by atoms with Gasteiger partial charge >= 0.3 is 0 Å². The molecule has 4 nitrogen and oxygen atoms in total. The average molecular weight is 264 g/mol. The number of likely N-dealkylation sites (tertiary alicyclic amines) is 1. The highest BCUT2D eigenvalue weighted by atomic mass is 16.5. The van der Waals surface area contributed by atoms with E-state index in [-0.39, 0.29) is 0 Å². The second-order valence-corrected chi connectivity index (χ2v) is 4.82. The van der Waals surface area contributed by atoms with Gasteiger partial charge in [0, 0.05) is 18.7 Å². The summed E-state index contributed by atoms with van der Waals surface area (Å²) in [5.41, 5.74) is 6.70. The first kappa shape index (κ1) is 14.3. The second-order valence-electron chi connectivity index (χ2n) is 4.82. The quantitative estimate of drug-likeness (QED) is 0.725. The van der Waals surface area contributed by atoms with Crippen molar-refractivity contribution in [2.24, 2.45) is 5.73 Å². The Labute approximate surface area is 115 Å². The van der Waals surface area contributed by atoms with E-state index in [1.165, 1.54) is 25.9 Å². The molecule has 1 aliphatic rings. The van der Waals surface area contributed by atoms with Crippen molar-refractivity contribution in [3.05, 3.63) is 29.8 Å². The van der Waals surface area contributed by atoms with Crippen molar-refractivity contribution >= 4 is 0 Å². The lowest BCUT2D eigenvalue weighted by molar-refractivity contribution is 0.0843. The monoisotopic (exact) mass is 264 g/mol. The highest BCUT2D eigenvalue weighted by Crippen LogP contribution is 2.16. The van der Waals surface area contributed by atoms with Crippen molar-refractivity contribution < 1.29 is 9.47 Å². The van der Waals surface area contributed by atoms with Crippen molar-refractivity contribution in [2.75, 3.05) is 39.5 Å². The van der Waals surface area contributed by atoms with Crippen LogP contribution in [0.3, 0.4) is 0 Å². The molecular weight excluding hydrogens is 240 g/mol. The van der Waals surface area contributed by atoms with Gasteiger partial charge in [0.05, 0.1) is 13.2 Å². The maximum atomic E-state index is 5.68. The number of nitrogens with zero attached hydrogens (tertiary/aromatic N) is 1. The molecule has 1 fully saturated rings. The fraction of sp³-hybridized carbons (Fsp3) is 0.600. The van der Waals surface area contributed by atoms with E-state index in [4.69, 9.17) is 15.2 Å². The molecular formula is C15H24N2O2. The fourth-order valence-corrected chi connectivity index (χ4v) is 2.33. The first-order valence-electron chi connectivity index (χ1n) is 7.11. The average Bonchev–Trinajstić information content (AvgIpc) is 2.96. The zero-order valence-corrected chi connectivity index (χ0v) is 11.5. The van der Waals surface area contributed by atoms with Crippen LogP contribution in [0, 0.1) is 0 Å². The van der Waals surface area contributed by atoms with Crippen molar-refractivity contribution in [3.8, 4) is 5.75 Å². The van der Waals surface area contributed by atoms with E-state index >= 15 is 0 Å². The number of rotatable bonds is 8. The summed E-state index contributed by atoms with van der Waals surface area (Å²) < 4.78 is 11.3. The summed E-state index contributed by atoms with van der Waals surface area (Å²) in [6, 6.07) is 7.88. The van der Waals surface area contributed by atoms with Crippen molar-refractivity contribution in [1.29, 1.82) is 0 Å². The van der Waals surface area contributed by atoms with Crippen LogP contribution in [0.4, 0.5) is 0 Å². The highest BCUT2D eigenvalue weighted by molar-refractivity contribution is 5.32. The lowest BCUT2D eigenvalue weighted by atomic mass is 10.2. The maximum Gasteiger partial charge on any atom is 0.123 e. The molecule has 106 valence electrons. The predicted molar refractivity (Wildman–Crippen MR) is 76.3 cm³/mol. The van der Waals surface area contributed by atoms with Crippen LogP contribution in [0.2, 0.25) is 0 Å². The standard InChI is InChI=1S/C15H24N2O2/c16-13-14-5-1-2-6-15(14)19-12-11-18-10-9-17-7-3-4-8-17/h1-2,5-6H,3-4,7-13,16H2. The summed E-state index contributed by atoms with van der Waals surface area (Å²) in [7, 11) is 0. The highest BCUT2D eigenvalue weighted by Gasteiger charge is 2.10. The molecule has 2 rings (SSSR count). The van der Waals surface area contributed by atoms with E-state index in [9.17, 15) is 0 Å². The van der Waals surface area contributed by atoms with Crippen LogP contribution in [0.1, 0.15) is 18.4 Å². The Morgan fingerprint density at radius 3 is 2.63 bits per heavy atom. The van der Waals surface area contributed by atoms with E-state index < -0.39 is 0 Å². The Bertz CT molecular complexity index is 365. The number of hydrogen-bond acceptors (Lipinski definition) is 4. The van der Waals surface area contributed by atoms with Gasteiger partial charge in [0.25, 0.3) is 0 Å². The minimum absolute atomic E-state index is 0.506. The van der Waals surface area contributed by atoms with Crippen molar-refractivity contribution in [3.63, 3.8) is 0 Å². The molecule has 0 saturated carbocycles. The Morgan fingerprint density at radius 1 is 1.05 bits per heavy atom. The van der Waals surface area contributed by atoms with E-state index in [0.717, 1.165) is 24.5 Å². The van der Waals surface area contributed by atoms with Crippen LogP contribution in [-0.2, 0) is 11.3 Å². The second kappa shape index (κ2) is 8.15. The molecule has 0 spiro atoms. The van der Waals surface area contributed by atoms with Crippen LogP contribution >= 0.6 is 0 Å². The van der Waals surface area contributed by atoms with Gasteiger partial charge in [-0.25, -0.2) is 0 Å². The largest absolute Gasteiger partial charge is 0.491 e. The molecule has 1 aliphatic heterocycles. The number of ether oxygens (including phenoxy) is 2. The third kappa shape index (κ3) is 4.82. The van der Waals surface area contributed by atoms with Gasteiger partial charge in [-0.1, -0.05) is 18.2 Å². The van der Waals surface area contributed by atoms with E-state index in [1.807, 2.05) is 24.3 Å². The number of benzene rings is 1. The molecule has 0 unspecified atom stereocenters. The first-order valence-corrected chi connectivity index (χ1v) is 7.11. The van der Waals surface area contributed by atoms with Crippen LogP contribution in [0.25, 0.3) is 0 Å². The molecule has 2 N–H and O–H groups in total. The predicted octanol–water partition coefficient (Wildman–Crippen LogP) is 1.64. The van der Waals surface area contributed by atoms with Gasteiger partial charge in [0.15, 0.2) is 0 Å². The SMILES string of the molecule is NCc1ccccc1OCCOCCN1CCCC1. The minimum Gasteiger partial charge on any atom is -0.491 e. The van der Waals surface area contributed by atoms with Gasteiger partial charge < -0.3 is 20.1 Å². The number of hydrogen-bond donors (Lipinski definition) is 1. The zero-order chi connectivity index (χ0) is 13.3. The molecule has 0 aliphatic carbocycles. The summed E-state index contributed by atoms with van der Waals surface area (Å²) in [6.07, 6.45) is 2.66. The summed E-state index contributed by atoms with van der Waals surface area (Å²) >= 11 is 0. The molecule has 4 heteroatoms. The summed E-state index contributed by atoms with van der Waals surface area (Å²) in [5.74, 6) is 0.869. The molecule has 0 bridgehead atoms. The Balaban J connectivity index is 1.56. The molecule has 0 aromatic heterocycles. The molecule has 0 atom stereocenters. The molecule has 1 aromatic rings. The van der Waals surface area contributed by atoms with Crippen LogP contribution < -0.4 is 10.5 Å². The third-order valence-electron chi connectivity index (χ3n) is 3.43. The van der Waals surface area contributed by atoms with Crippen LogP contribution in [0.5, 0.6) is 5.75 Å². The summed E-state index contributed by atoms with van der Waals surface area (Å²) in [5, 5.41) is 0. The van der Waals surface area contributed by atoms with Gasteiger partial charge in [-0.05, 0) is 32.0 Å². The van der Waals surface area contributed by atoms with Crippen LogP contribution in [0.15, 0.2) is 24.3 Å². The fourth-order valence-electron chi connectivity index (χ4n) is 2.33. The third-order valence-corrected chi connectivity index (χ3v) is 3.43. The zero-order valence-electron chi connectivity index (χ0n) is 11.5. The maximum absolute atomic E-state index is 5.68.